The fraction of sp³-hybridized carbons (Fsp3) is 0.286. The van der Waals surface area contributed by atoms with Crippen molar-refractivity contribution < 1.29 is 22.7 Å². The summed E-state index contributed by atoms with van der Waals surface area (Å²) in [6.45, 7) is -0.544. The molecule has 2 rings (SSSR count). The van der Waals surface area contributed by atoms with Crippen LogP contribution in [0.15, 0.2) is 23.6 Å². The van der Waals surface area contributed by atoms with Crippen LogP contribution in [0.3, 0.4) is 0 Å². The summed E-state index contributed by atoms with van der Waals surface area (Å²) in [4.78, 5) is 23.4. The summed E-state index contributed by atoms with van der Waals surface area (Å²) in [5.74, 6) is -1.88. The van der Waals surface area contributed by atoms with E-state index in [1.165, 1.54) is 18.2 Å². The SMILES string of the molecule is O=C(COC(=O)CC1C=CS(=O)(=O)C1)Nc1c(Cl)cc(Cl)cc1Cl. The highest BCUT2D eigenvalue weighted by Gasteiger charge is 2.24. The Kier molecular flexibility index (Phi) is 6.14. The van der Waals surface area contributed by atoms with Crippen LogP contribution in [0.5, 0.6) is 0 Å². The van der Waals surface area contributed by atoms with Gasteiger partial charge in [0.05, 0.1) is 27.9 Å². The number of esters is 1. The Morgan fingerprint density at radius 2 is 1.83 bits per heavy atom. The third-order valence-electron chi connectivity index (χ3n) is 3.07. The minimum Gasteiger partial charge on any atom is -0.456 e. The first kappa shape index (κ1) is 19.1. The molecule has 1 heterocycles. The summed E-state index contributed by atoms with van der Waals surface area (Å²) in [5.41, 5.74) is 0.161. The number of carbonyl (C=O) groups is 2. The van der Waals surface area contributed by atoms with Gasteiger partial charge in [0, 0.05) is 16.3 Å². The van der Waals surface area contributed by atoms with Crippen molar-refractivity contribution in [3.8, 4) is 0 Å². The number of rotatable bonds is 5. The molecule has 1 amide bonds. The molecule has 130 valence electrons. The molecule has 0 saturated heterocycles. The van der Waals surface area contributed by atoms with Gasteiger partial charge in [0.1, 0.15) is 0 Å². The van der Waals surface area contributed by atoms with Gasteiger partial charge in [-0.05, 0) is 12.1 Å². The van der Waals surface area contributed by atoms with Crippen LogP contribution >= 0.6 is 34.8 Å². The van der Waals surface area contributed by atoms with E-state index in [-0.39, 0.29) is 27.9 Å². The third kappa shape index (κ3) is 5.37. The van der Waals surface area contributed by atoms with E-state index in [0.717, 1.165) is 5.41 Å². The molecular formula is C14H12Cl3NO5S. The van der Waals surface area contributed by atoms with Crippen LogP contribution in [-0.4, -0.2) is 32.7 Å². The largest absolute Gasteiger partial charge is 0.456 e. The van der Waals surface area contributed by atoms with Gasteiger partial charge in [-0.3, -0.25) is 9.59 Å². The van der Waals surface area contributed by atoms with Crippen molar-refractivity contribution in [1.82, 2.24) is 0 Å². The average Bonchev–Trinajstić information content (AvgIpc) is 2.79. The van der Waals surface area contributed by atoms with E-state index in [2.05, 4.69) is 5.32 Å². The molecular weight excluding hydrogens is 401 g/mol. The topological polar surface area (TPSA) is 89.5 Å². The second-order valence-electron chi connectivity index (χ2n) is 5.08. The van der Waals surface area contributed by atoms with Gasteiger partial charge < -0.3 is 10.1 Å². The Labute approximate surface area is 153 Å². The molecule has 1 atom stereocenters. The fourth-order valence-electron chi connectivity index (χ4n) is 2.02. The molecule has 6 nitrogen and oxygen atoms in total. The maximum atomic E-state index is 11.8. The average molecular weight is 413 g/mol. The zero-order valence-corrected chi connectivity index (χ0v) is 15.2. The second kappa shape index (κ2) is 7.74. The quantitative estimate of drug-likeness (QED) is 0.751. The normalized spacial score (nSPS) is 18.4. The standard InChI is InChI=1S/C14H12Cl3NO5S/c15-9-4-10(16)14(11(17)5-9)18-12(19)6-23-13(20)3-8-1-2-24(21,22)7-8/h1-2,4-5,8H,3,6-7H2,(H,18,19). The first-order chi connectivity index (χ1) is 11.2. The number of hydrogen-bond acceptors (Lipinski definition) is 5. The van der Waals surface area contributed by atoms with Crippen molar-refractivity contribution in [2.45, 2.75) is 6.42 Å². The van der Waals surface area contributed by atoms with Gasteiger partial charge in [0.15, 0.2) is 16.4 Å². The van der Waals surface area contributed by atoms with E-state index in [9.17, 15) is 18.0 Å². The Morgan fingerprint density at radius 1 is 1.21 bits per heavy atom. The van der Waals surface area contributed by atoms with Crippen LogP contribution < -0.4 is 5.32 Å². The predicted octanol–water partition coefficient (Wildman–Crippen LogP) is 3.08. The molecule has 0 radical (unpaired) electrons. The van der Waals surface area contributed by atoms with Gasteiger partial charge in [-0.2, -0.15) is 0 Å². The van der Waals surface area contributed by atoms with E-state index < -0.39 is 34.2 Å². The first-order valence-electron chi connectivity index (χ1n) is 6.67. The van der Waals surface area contributed by atoms with Gasteiger partial charge in [0.2, 0.25) is 0 Å². The molecule has 0 saturated carbocycles. The summed E-state index contributed by atoms with van der Waals surface area (Å²) < 4.78 is 27.3. The van der Waals surface area contributed by atoms with Crippen molar-refractivity contribution in [3.63, 3.8) is 0 Å². The Hall–Kier alpha value is -1.28. The smallest absolute Gasteiger partial charge is 0.306 e. The number of allylic oxidation sites excluding steroid dienone is 1. The van der Waals surface area contributed by atoms with Crippen LogP contribution in [0.1, 0.15) is 6.42 Å². The van der Waals surface area contributed by atoms with Crippen molar-refractivity contribution >= 4 is 62.2 Å². The van der Waals surface area contributed by atoms with Gasteiger partial charge in [-0.1, -0.05) is 40.9 Å². The van der Waals surface area contributed by atoms with E-state index >= 15 is 0 Å². The molecule has 1 aromatic carbocycles. The third-order valence-corrected chi connectivity index (χ3v) is 5.35. The monoisotopic (exact) mass is 411 g/mol. The highest BCUT2D eigenvalue weighted by atomic mass is 35.5. The molecule has 24 heavy (non-hydrogen) atoms. The molecule has 1 aliphatic heterocycles. The molecule has 1 aromatic rings. The van der Waals surface area contributed by atoms with Gasteiger partial charge in [-0.25, -0.2) is 8.42 Å². The number of benzene rings is 1. The lowest BCUT2D eigenvalue weighted by Gasteiger charge is -2.11. The maximum Gasteiger partial charge on any atom is 0.306 e. The van der Waals surface area contributed by atoms with Crippen molar-refractivity contribution in [1.29, 1.82) is 0 Å². The molecule has 1 aliphatic rings. The Bertz CT molecular complexity index is 784. The van der Waals surface area contributed by atoms with Gasteiger partial charge in [-0.15, -0.1) is 0 Å². The van der Waals surface area contributed by atoms with E-state index in [1.807, 2.05) is 0 Å². The molecule has 10 heteroatoms. The summed E-state index contributed by atoms with van der Waals surface area (Å²) in [6, 6.07) is 2.81. The molecule has 1 unspecified atom stereocenters. The van der Waals surface area contributed by atoms with Gasteiger partial charge in [0.25, 0.3) is 5.91 Å². The van der Waals surface area contributed by atoms with E-state index in [4.69, 9.17) is 39.5 Å². The molecule has 0 aromatic heterocycles. The van der Waals surface area contributed by atoms with E-state index in [1.54, 1.807) is 0 Å². The molecule has 0 bridgehead atoms. The summed E-state index contributed by atoms with van der Waals surface area (Å²) in [5, 5.41) is 4.10. The highest BCUT2D eigenvalue weighted by molar-refractivity contribution is 7.94. The van der Waals surface area contributed by atoms with Crippen LogP contribution in [0.25, 0.3) is 0 Å². The number of amides is 1. The molecule has 1 N–H and O–H groups in total. The predicted molar refractivity (Wildman–Crippen MR) is 92.1 cm³/mol. The number of anilines is 1. The van der Waals surface area contributed by atoms with Crippen LogP contribution in [0.2, 0.25) is 15.1 Å². The summed E-state index contributed by atoms with van der Waals surface area (Å²) in [6.07, 6.45) is 1.31. The fourth-order valence-corrected chi connectivity index (χ4v) is 4.33. The van der Waals surface area contributed by atoms with Crippen LogP contribution in [0.4, 0.5) is 5.69 Å². The maximum absolute atomic E-state index is 11.8. The van der Waals surface area contributed by atoms with Crippen LogP contribution in [0, 0.1) is 5.92 Å². The summed E-state index contributed by atoms with van der Waals surface area (Å²) >= 11 is 17.6. The Morgan fingerprint density at radius 3 is 2.38 bits per heavy atom. The number of nitrogens with one attached hydrogen (secondary N) is 1. The number of ether oxygens (including phenoxy) is 1. The number of halogens is 3. The van der Waals surface area contributed by atoms with Crippen molar-refractivity contribution in [2.24, 2.45) is 5.92 Å². The molecule has 0 fully saturated rings. The first-order valence-corrected chi connectivity index (χ1v) is 9.52. The Balaban J connectivity index is 1.83. The highest BCUT2D eigenvalue weighted by Crippen LogP contribution is 2.33. The molecule has 0 spiro atoms. The second-order valence-corrected chi connectivity index (χ2v) is 8.26. The lowest BCUT2D eigenvalue weighted by atomic mass is 10.1. The van der Waals surface area contributed by atoms with Crippen LogP contribution in [-0.2, 0) is 24.2 Å². The summed E-state index contributed by atoms with van der Waals surface area (Å²) in [7, 11) is -3.23. The zero-order valence-electron chi connectivity index (χ0n) is 12.1. The molecule has 0 aliphatic carbocycles. The van der Waals surface area contributed by atoms with Crippen molar-refractivity contribution in [3.05, 3.63) is 38.7 Å². The minimum atomic E-state index is -3.23. The number of carbonyl (C=O) groups excluding carboxylic acids is 2. The number of hydrogen-bond donors (Lipinski definition) is 1. The minimum absolute atomic E-state index is 0.120. The lowest BCUT2D eigenvalue weighted by molar-refractivity contribution is -0.147. The van der Waals surface area contributed by atoms with E-state index in [0.29, 0.717) is 5.02 Å². The lowest BCUT2D eigenvalue weighted by Crippen LogP contribution is -2.22. The zero-order chi connectivity index (χ0) is 17.9. The van der Waals surface area contributed by atoms with Gasteiger partial charge >= 0.3 is 5.97 Å². The number of sulfone groups is 1. The van der Waals surface area contributed by atoms with Crippen molar-refractivity contribution in [2.75, 3.05) is 17.7 Å².